The minimum atomic E-state index is 0.355. The van der Waals surface area contributed by atoms with Crippen molar-refractivity contribution in [1.29, 1.82) is 0 Å². The number of aromatic nitrogens is 2. The summed E-state index contributed by atoms with van der Waals surface area (Å²) in [4.78, 5) is 10.4. The highest BCUT2D eigenvalue weighted by Crippen LogP contribution is 2.25. The highest BCUT2D eigenvalue weighted by Gasteiger charge is 2.11. The summed E-state index contributed by atoms with van der Waals surface area (Å²) in [5.41, 5.74) is 5.71. The molecular weight excluding hydrogens is 246 g/mol. The van der Waals surface area contributed by atoms with Gasteiger partial charge in [0.05, 0.1) is 20.3 Å². The van der Waals surface area contributed by atoms with Crippen LogP contribution in [-0.2, 0) is 4.74 Å². The first-order valence-corrected chi connectivity index (χ1v) is 6.49. The van der Waals surface area contributed by atoms with Crippen LogP contribution in [0, 0.1) is 0 Å². The maximum atomic E-state index is 5.71. The third-order valence-corrected chi connectivity index (χ3v) is 3.08. The quantitative estimate of drug-likeness (QED) is 0.712. The minimum absolute atomic E-state index is 0.355. The van der Waals surface area contributed by atoms with E-state index in [2.05, 4.69) is 20.2 Å². The van der Waals surface area contributed by atoms with Crippen molar-refractivity contribution in [2.75, 3.05) is 57.6 Å². The molecule has 1 aromatic rings. The molecule has 2 heterocycles. The zero-order chi connectivity index (χ0) is 13.5. The number of nitrogens with zero attached hydrogens (tertiary/aromatic N) is 3. The van der Waals surface area contributed by atoms with Gasteiger partial charge in [0.2, 0.25) is 5.75 Å². The second-order valence-electron chi connectivity index (χ2n) is 4.38. The van der Waals surface area contributed by atoms with Gasteiger partial charge < -0.3 is 20.5 Å². The van der Waals surface area contributed by atoms with Gasteiger partial charge in [-0.1, -0.05) is 0 Å². The van der Waals surface area contributed by atoms with Crippen molar-refractivity contribution in [3.8, 4) is 5.75 Å². The molecule has 7 nitrogen and oxygen atoms in total. The van der Waals surface area contributed by atoms with Gasteiger partial charge in [0.1, 0.15) is 6.33 Å². The molecule has 0 aromatic carbocycles. The second kappa shape index (κ2) is 7.10. The fourth-order valence-corrected chi connectivity index (χ4v) is 2.05. The fourth-order valence-electron chi connectivity index (χ4n) is 2.05. The molecular formula is C12H21N5O2. The zero-order valence-corrected chi connectivity index (χ0v) is 11.3. The Balaban J connectivity index is 1.74. The van der Waals surface area contributed by atoms with Crippen LogP contribution in [0.25, 0.3) is 0 Å². The lowest BCUT2D eigenvalue weighted by atomic mass is 10.3. The van der Waals surface area contributed by atoms with Crippen molar-refractivity contribution >= 4 is 11.6 Å². The first-order chi connectivity index (χ1) is 9.31. The Morgan fingerprint density at radius 1 is 1.42 bits per heavy atom. The van der Waals surface area contributed by atoms with Gasteiger partial charge in [0.15, 0.2) is 11.6 Å². The normalized spacial score (nSPS) is 16.3. The molecule has 0 radical (unpaired) electrons. The van der Waals surface area contributed by atoms with Crippen molar-refractivity contribution < 1.29 is 9.47 Å². The number of nitrogens with one attached hydrogen (secondary N) is 1. The summed E-state index contributed by atoms with van der Waals surface area (Å²) in [5.74, 6) is 1.51. The van der Waals surface area contributed by atoms with Gasteiger partial charge in [0, 0.05) is 19.6 Å². The van der Waals surface area contributed by atoms with E-state index in [4.69, 9.17) is 15.2 Å². The Bertz CT molecular complexity index is 396. The summed E-state index contributed by atoms with van der Waals surface area (Å²) in [6.07, 6.45) is 2.47. The summed E-state index contributed by atoms with van der Waals surface area (Å²) in [6.45, 7) is 5.59. The van der Waals surface area contributed by atoms with Crippen LogP contribution in [0.5, 0.6) is 5.75 Å². The fraction of sp³-hybridized carbons (Fsp3) is 0.667. The number of anilines is 2. The average Bonchev–Trinajstić information content (AvgIpc) is 2.45. The molecule has 1 aliphatic heterocycles. The predicted octanol–water partition coefficient (Wildman–Crippen LogP) is 0.202. The van der Waals surface area contributed by atoms with Gasteiger partial charge in [-0.3, -0.25) is 4.90 Å². The average molecular weight is 267 g/mol. The maximum Gasteiger partial charge on any atom is 0.203 e. The number of hydrogen-bond acceptors (Lipinski definition) is 7. The van der Waals surface area contributed by atoms with Crippen LogP contribution in [0.3, 0.4) is 0 Å². The van der Waals surface area contributed by atoms with Crippen LogP contribution in [0.15, 0.2) is 6.33 Å². The number of nitrogens with two attached hydrogens (primary N) is 1. The van der Waals surface area contributed by atoms with E-state index in [0.29, 0.717) is 17.4 Å². The Hall–Kier alpha value is -1.60. The molecule has 1 saturated heterocycles. The molecule has 0 aliphatic carbocycles. The molecule has 7 heteroatoms. The molecule has 3 N–H and O–H groups in total. The summed E-state index contributed by atoms with van der Waals surface area (Å²) in [7, 11) is 1.56. The Labute approximate surface area is 113 Å². The molecule has 0 bridgehead atoms. The molecule has 0 atom stereocenters. The van der Waals surface area contributed by atoms with Crippen LogP contribution in [0.1, 0.15) is 6.42 Å². The van der Waals surface area contributed by atoms with E-state index in [1.807, 2.05) is 0 Å². The molecule has 19 heavy (non-hydrogen) atoms. The monoisotopic (exact) mass is 267 g/mol. The van der Waals surface area contributed by atoms with Crippen LogP contribution < -0.4 is 15.8 Å². The van der Waals surface area contributed by atoms with E-state index < -0.39 is 0 Å². The van der Waals surface area contributed by atoms with Crippen molar-refractivity contribution in [1.82, 2.24) is 14.9 Å². The van der Waals surface area contributed by atoms with Gasteiger partial charge in [-0.25, -0.2) is 9.97 Å². The maximum absolute atomic E-state index is 5.71. The molecule has 2 rings (SSSR count). The Morgan fingerprint density at radius 3 is 2.95 bits per heavy atom. The Morgan fingerprint density at radius 2 is 2.21 bits per heavy atom. The number of nitrogen functional groups attached to an aromatic ring is 1. The van der Waals surface area contributed by atoms with Crippen LogP contribution >= 0.6 is 0 Å². The van der Waals surface area contributed by atoms with Gasteiger partial charge >= 0.3 is 0 Å². The molecule has 0 spiro atoms. The lowest BCUT2D eigenvalue weighted by molar-refractivity contribution is 0.0378. The van der Waals surface area contributed by atoms with Crippen molar-refractivity contribution in [3.63, 3.8) is 0 Å². The number of rotatable bonds is 6. The van der Waals surface area contributed by atoms with E-state index in [0.717, 1.165) is 45.8 Å². The first kappa shape index (κ1) is 13.8. The molecule has 0 saturated carbocycles. The highest BCUT2D eigenvalue weighted by atomic mass is 16.5. The summed E-state index contributed by atoms with van der Waals surface area (Å²) in [5, 5.41) is 3.23. The molecule has 1 aliphatic rings. The SMILES string of the molecule is COc1c(N)ncnc1NCCCN1CCOCC1. The van der Waals surface area contributed by atoms with E-state index in [1.165, 1.54) is 6.33 Å². The largest absolute Gasteiger partial charge is 0.490 e. The van der Waals surface area contributed by atoms with E-state index in [-0.39, 0.29) is 0 Å². The Kier molecular flexibility index (Phi) is 5.17. The molecule has 1 fully saturated rings. The lowest BCUT2D eigenvalue weighted by Gasteiger charge is -2.26. The lowest BCUT2D eigenvalue weighted by Crippen LogP contribution is -2.37. The molecule has 106 valence electrons. The summed E-state index contributed by atoms with van der Waals surface area (Å²) in [6, 6.07) is 0. The standard InChI is InChI=1S/C12H21N5O2/c1-18-10-11(13)15-9-16-12(10)14-3-2-4-17-5-7-19-8-6-17/h9H,2-8H2,1H3,(H3,13,14,15,16). The van der Waals surface area contributed by atoms with Gasteiger partial charge in [-0.05, 0) is 13.0 Å². The van der Waals surface area contributed by atoms with Crippen LogP contribution in [-0.4, -0.2) is 61.4 Å². The van der Waals surface area contributed by atoms with Gasteiger partial charge in [0.25, 0.3) is 0 Å². The molecule has 1 aromatic heterocycles. The minimum Gasteiger partial charge on any atom is -0.490 e. The second-order valence-corrected chi connectivity index (χ2v) is 4.38. The number of morpholine rings is 1. The number of ether oxygens (including phenoxy) is 2. The van der Waals surface area contributed by atoms with Crippen molar-refractivity contribution in [3.05, 3.63) is 6.33 Å². The van der Waals surface area contributed by atoms with Crippen molar-refractivity contribution in [2.24, 2.45) is 0 Å². The number of methoxy groups -OCH3 is 1. The van der Waals surface area contributed by atoms with Crippen LogP contribution in [0.4, 0.5) is 11.6 Å². The third-order valence-electron chi connectivity index (χ3n) is 3.08. The summed E-state index contributed by atoms with van der Waals surface area (Å²) >= 11 is 0. The van der Waals surface area contributed by atoms with Crippen molar-refractivity contribution in [2.45, 2.75) is 6.42 Å². The molecule has 0 amide bonds. The van der Waals surface area contributed by atoms with Gasteiger partial charge in [-0.15, -0.1) is 0 Å². The predicted molar refractivity (Wildman–Crippen MR) is 73.4 cm³/mol. The first-order valence-electron chi connectivity index (χ1n) is 6.49. The number of hydrogen-bond donors (Lipinski definition) is 2. The summed E-state index contributed by atoms with van der Waals surface area (Å²) < 4.78 is 10.5. The van der Waals surface area contributed by atoms with E-state index >= 15 is 0 Å². The van der Waals surface area contributed by atoms with Gasteiger partial charge in [-0.2, -0.15) is 0 Å². The smallest absolute Gasteiger partial charge is 0.203 e. The zero-order valence-electron chi connectivity index (χ0n) is 11.3. The highest BCUT2D eigenvalue weighted by molar-refractivity contribution is 5.61. The topological polar surface area (TPSA) is 85.5 Å². The molecule has 0 unspecified atom stereocenters. The van der Waals surface area contributed by atoms with Crippen LogP contribution in [0.2, 0.25) is 0 Å². The third kappa shape index (κ3) is 3.93. The van der Waals surface area contributed by atoms with E-state index in [9.17, 15) is 0 Å². The van der Waals surface area contributed by atoms with E-state index in [1.54, 1.807) is 7.11 Å².